The second kappa shape index (κ2) is 4.57. The number of nitrogens with one attached hydrogen (secondary N) is 1. The first kappa shape index (κ1) is 9.67. The molecule has 0 unspecified atom stereocenters. The molecule has 4 nitrogen and oxygen atoms in total. The van der Waals surface area contributed by atoms with Gasteiger partial charge in [0.05, 0.1) is 10.7 Å². The minimum absolute atomic E-state index is 0.398. The van der Waals surface area contributed by atoms with Crippen LogP contribution in [0.5, 0.6) is 0 Å². The van der Waals surface area contributed by atoms with Crippen molar-refractivity contribution in [3.05, 3.63) is 34.2 Å². The third kappa shape index (κ3) is 2.83. The molecule has 1 rings (SSSR count). The number of hydrogen-bond acceptors (Lipinski definition) is 3. The maximum absolute atomic E-state index is 10.9. The highest BCUT2D eigenvalue weighted by Crippen LogP contribution is 2.19. The molecule has 0 heterocycles. The van der Waals surface area contributed by atoms with Crippen LogP contribution >= 0.6 is 11.6 Å². The summed E-state index contributed by atoms with van der Waals surface area (Å²) >= 11 is 5.75. The smallest absolute Gasteiger partial charge is 0.249 e. The van der Waals surface area contributed by atoms with E-state index in [4.69, 9.17) is 11.6 Å². The van der Waals surface area contributed by atoms with Crippen LogP contribution in [0.15, 0.2) is 29.4 Å². The molecule has 0 bridgehead atoms. The Hall–Kier alpha value is -1.42. The Morgan fingerprint density at radius 3 is 2.77 bits per heavy atom. The Balaban J connectivity index is 2.68. The van der Waals surface area contributed by atoms with E-state index in [-0.39, 0.29) is 0 Å². The van der Waals surface area contributed by atoms with Crippen LogP contribution in [0.3, 0.4) is 0 Å². The van der Waals surface area contributed by atoms with Gasteiger partial charge in [-0.3, -0.25) is 4.79 Å². The van der Waals surface area contributed by atoms with Crippen LogP contribution in [0, 0.1) is 4.91 Å². The summed E-state index contributed by atoms with van der Waals surface area (Å²) in [6.07, 6.45) is 0. The molecule has 1 aromatic carbocycles. The van der Waals surface area contributed by atoms with Gasteiger partial charge in [0, 0.05) is 0 Å². The minimum atomic E-state index is -0.469. The van der Waals surface area contributed by atoms with Crippen LogP contribution < -0.4 is 5.32 Å². The maximum Gasteiger partial charge on any atom is 0.249 e. The largest absolute Gasteiger partial charge is 0.323 e. The second-order valence-corrected chi connectivity index (χ2v) is 2.72. The molecule has 0 aromatic heterocycles. The predicted octanol–water partition coefficient (Wildman–Crippen LogP) is 2.04. The lowest BCUT2D eigenvalue weighted by atomic mass is 10.3. The number of anilines is 1. The SMILES string of the molecule is O=NCC(=O)Nc1ccccc1Cl. The molecular formula is C8H7ClN2O2. The highest BCUT2D eigenvalue weighted by Gasteiger charge is 2.03. The summed E-state index contributed by atoms with van der Waals surface area (Å²) in [4.78, 5) is 20.6. The van der Waals surface area contributed by atoms with Gasteiger partial charge in [0.25, 0.3) is 0 Å². The van der Waals surface area contributed by atoms with Crippen molar-refractivity contribution in [2.75, 3.05) is 11.9 Å². The Bertz CT molecular complexity index is 328. The Morgan fingerprint density at radius 2 is 2.15 bits per heavy atom. The molecule has 0 spiro atoms. The average Bonchev–Trinajstić information content (AvgIpc) is 2.09. The summed E-state index contributed by atoms with van der Waals surface area (Å²) in [6.45, 7) is -0.398. The number of amides is 1. The van der Waals surface area contributed by atoms with Crippen LogP contribution in [-0.4, -0.2) is 12.5 Å². The van der Waals surface area contributed by atoms with Gasteiger partial charge in [0.2, 0.25) is 5.91 Å². The quantitative estimate of drug-likeness (QED) is 0.756. The van der Waals surface area contributed by atoms with E-state index in [1.807, 2.05) is 0 Å². The van der Waals surface area contributed by atoms with Crippen LogP contribution in [0.1, 0.15) is 0 Å². The van der Waals surface area contributed by atoms with Crippen molar-refractivity contribution in [1.82, 2.24) is 0 Å². The number of para-hydroxylation sites is 1. The summed E-state index contributed by atoms with van der Waals surface area (Å²) in [5, 5.41) is 5.33. The summed E-state index contributed by atoms with van der Waals surface area (Å²) in [5.41, 5.74) is 0.484. The lowest BCUT2D eigenvalue weighted by Gasteiger charge is -2.03. The lowest BCUT2D eigenvalue weighted by molar-refractivity contribution is -0.114. The monoisotopic (exact) mass is 198 g/mol. The van der Waals surface area contributed by atoms with Gasteiger partial charge in [-0.25, -0.2) is 0 Å². The zero-order valence-corrected chi connectivity index (χ0v) is 7.41. The van der Waals surface area contributed by atoms with Crippen molar-refractivity contribution in [3.8, 4) is 0 Å². The minimum Gasteiger partial charge on any atom is -0.323 e. The van der Waals surface area contributed by atoms with Gasteiger partial charge in [0.15, 0.2) is 6.54 Å². The van der Waals surface area contributed by atoms with Crippen molar-refractivity contribution in [2.24, 2.45) is 5.18 Å². The van der Waals surface area contributed by atoms with Crippen molar-refractivity contribution >= 4 is 23.2 Å². The second-order valence-electron chi connectivity index (χ2n) is 2.32. The highest BCUT2D eigenvalue weighted by atomic mass is 35.5. The first-order valence-corrected chi connectivity index (χ1v) is 3.95. The third-order valence-electron chi connectivity index (χ3n) is 1.36. The highest BCUT2D eigenvalue weighted by molar-refractivity contribution is 6.33. The van der Waals surface area contributed by atoms with Crippen LogP contribution in [0.25, 0.3) is 0 Å². The zero-order chi connectivity index (χ0) is 9.68. The number of carbonyl (C=O) groups is 1. The standard InChI is InChI=1S/C8H7ClN2O2/c9-6-3-1-2-4-7(6)11-8(12)5-10-13/h1-4H,5H2,(H,11,12). The predicted molar refractivity (Wildman–Crippen MR) is 50.7 cm³/mol. The molecule has 0 saturated heterocycles. The number of hydrogen-bond donors (Lipinski definition) is 1. The fourth-order valence-corrected chi connectivity index (χ4v) is 0.994. The molecular weight excluding hydrogens is 192 g/mol. The van der Waals surface area contributed by atoms with Crippen LogP contribution in [0.4, 0.5) is 5.69 Å². The normalized spacial score (nSPS) is 9.31. The first-order chi connectivity index (χ1) is 6.24. The fraction of sp³-hybridized carbons (Fsp3) is 0.125. The third-order valence-corrected chi connectivity index (χ3v) is 1.69. The summed E-state index contributed by atoms with van der Waals surface area (Å²) in [5.74, 6) is -0.469. The van der Waals surface area contributed by atoms with E-state index in [2.05, 4.69) is 10.5 Å². The molecule has 0 aliphatic carbocycles. The molecule has 5 heteroatoms. The van der Waals surface area contributed by atoms with Crippen LogP contribution in [-0.2, 0) is 4.79 Å². The Kier molecular flexibility index (Phi) is 3.40. The molecule has 68 valence electrons. The van der Waals surface area contributed by atoms with Gasteiger partial charge in [0.1, 0.15) is 0 Å². The van der Waals surface area contributed by atoms with Crippen molar-refractivity contribution in [1.29, 1.82) is 0 Å². The molecule has 1 N–H and O–H groups in total. The number of rotatable bonds is 3. The summed E-state index contributed by atoms with van der Waals surface area (Å²) in [7, 11) is 0. The van der Waals surface area contributed by atoms with Gasteiger partial charge in [-0.1, -0.05) is 28.9 Å². The fourth-order valence-electron chi connectivity index (χ4n) is 0.811. The number of benzene rings is 1. The maximum atomic E-state index is 10.9. The van der Waals surface area contributed by atoms with E-state index in [1.54, 1.807) is 24.3 Å². The number of nitroso groups, excluding NO2 is 1. The van der Waals surface area contributed by atoms with Gasteiger partial charge in [-0.15, -0.1) is 0 Å². The van der Waals surface area contributed by atoms with Gasteiger partial charge < -0.3 is 5.32 Å². The molecule has 1 aromatic rings. The van der Waals surface area contributed by atoms with Gasteiger partial charge in [-0.2, -0.15) is 4.91 Å². The van der Waals surface area contributed by atoms with Crippen molar-refractivity contribution in [2.45, 2.75) is 0 Å². The van der Waals surface area contributed by atoms with Gasteiger partial charge >= 0.3 is 0 Å². The van der Waals surface area contributed by atoms with Crippen molar-refractivity contribution in [3.63, 3.8) is 0 Å². The van der Waals surface area contributed by atoms with E-state index < -0.39 is 12.5 Å². The van der Waals surface area contributed by atoms with Crippen molar-refractivity contribution < 1.29 is 4.79 Å². The molecule has 0 aliphatic rings. The summed E-state index contributed by atoms with van der Waals surface area (Å²) in [6, 6.07) is 6.77. The average molecular weight is 199 g/mol. The molecule has 0 saturated carbocycles. The number of halogens is 1. The summed E-state index contributed by atoms with van der Waals surface area (Å²) < 4.78 is 0. The van der Waals surface area contributed by atoms with E-state index in [1.165, 1.54) is 0 Å². The lowest BCUT2D eigenvalue weighted by Crippen LogP contribution is -2.14. The molecule has 1 amide bonds. The molecule has 0 radical (unpaired) electrons. The van der Waals surface area contributed by atoms with E-state index in [9.17, 15) is 9.70 Å². The molecule has 0 aliphatic heterocycles. The van der Waals surface area contributed by atoms with E-state index >= 15 is 0 Å². The molecule has 0 fully saturated rings. The molecule has 13 heavy (non-hydrogen) atoms. The van der Waals surface area contributed by atoms with Gasteiger partial charge in [-0.05, 0) is 12.1 Å². The number of carbonyl (C=O) groups excluding carboxylic acids is 1. The Morgan fingerprint density at radius 1 is 1.46 bits per heavy atom. The van der Waals surface area contributed by atoms with Crippen LogP contribution in [0.2, 0.25) is 5.02 Å². The van der Waals surface area contributed by atoms with E-state index in [0.717, 1.165) is 0 Å². The molecule has 0 atom stereocenters. The van der Waals surface area contributed by atoms with E-state index in [0.29, 0.717) is 10.7 Å². The zero-order valence-electron chi connectivity index (χ0n) is 6.66. The first-order valence-electron chi connectivity index (χ1n) is 3.57. The Labute approximate surface area is 79.9 Å². The topological polar surface area (TPSA) is 58.5 Å². The number of nitrogens with zero attached hydrogens (tertiary/aromatic N) is 1.